The highest BCUT2D eigenvalue weighted by Gasteiger charge is 2.16. The van der Waals surface area contributed by atoms with Crippen molar-refractivity contribution in [2.45, 2.75) is 75.8 Å². The Morgan fingerprint density at radius 3 is 0.625 bits per heavy atom. The van der Waals surface area contributed by atoms with Crippen molar-refractivity contribution in [3.63, 3.8) is 0 Å². The summed E-state index contributed by atoms with van der Waals surface area (Å²) in [5.74, 6) is 0. The van der Waals surface area contributed by atoms with E-state index >= 15 is 0 Å². The minimum atomic E-state index is -0.423. The molecule has 4 nitrogen and oxygen atoms in total. The molecule has 1 rings (SSSR count). The molecular weight excluding hydrogens is 208 g/mol. The molecule has 16 heavy (non-hydrogen) atoms. The van der Waals surface area contributed by atoms with E-state index in [0.29, 0.717) is 51.4 Å². The van der Waals surface area contributed by atoms with Gasteiger partial charge in [-0.25, -0.2) is 0 Å². The molecule has 0 bridgehead atoms. The summed E-state index contributed by atoms with van der Waals surface area (Å²) in [6.07, 6.45) is 2.90. The van der Waals surface area contributed by atoms with Crippen LogP contribution < -0.4 is 0 Å². The second-order valence-corrected chi connectivity index (χ2v) is 4.92. The van der Waals surface area contributed by atoms with Crippen LogP contribution in [0.4, 0.5) is 0 Å². The molecule has 0 amide bonds. The van der Waals surface area contributed by atoms with Crippen LogP contribution >= 0.6 is 0 Å². The van der Waals surface area contributed by atoms with Gasteiger partial charge in [0.15, 0.2) is 0 Å². The lowest BCUT2D eigenvalue weighted by Gasteiger charge is -2.20. The molecule has 0 atom stereocenters. The second-order valence-electron chi connectivity index (χ2n) is 4.92. The van der Waals surface area contributed by atoms with Crippen LogP contribution in [0.5, 0.6) is 0 Å². The van der Waals surface area contributed by atoms with Crippen molar-refractivity contribution >= 4 is 0 Å². The zero-order valence-electron chi connectivity index (χ0n) is 9.76. The zero-order chi connectivity index (χ0) is 12.0. The zero-order valence-corrected chi connectivity index (χ0v) is 9.76. The molecule has 0 aromatic heterocycles. The van der Waals surface area contributed by atoms with Gasteiger partial charge in [0, 0.05) is 0 Å². The molecule has 4 heteroatoms. The molecule has 0 aromatic rings. The van der Waals surface area contributed by atoms with E-state index in [0.717, 1.165) is 0 Å². The van der Waals surface area contributed by atoms with Gasteiger partial charge in [-0.1, -0.05) is 0 Å². The predicted molar refractivity (Wildman–Crippen MR) is 61.0 cm³/mol. The van der Waals surface area contributed by atoms with Crippen molar-refractivity contribution in [1.29, 1.82) is 0 Å². The van der Waals surface area contributed by atoms with Gasteiger partial charge in [-0.2, -0.15) is 0 Å². The molecule has 0 unspecified atom stereocenters. The molecule has 0 saturated heterocycles. The van der Waals surface area contributed by atoms with Crippen molar-refractivity contribution < 1.29 is 20.4 Å². The molecule has 0 radical (unpaired) electrons. The van der Waals surface area contributed by atoms with E-state index in [1.165, 1.54) is 0 Å². The van der Waals surface area contributed by atoms with Crippen LogP contribution in [0.2, 0.25) is 0 Å². The van der Waals surface area contributed by atoms with E-state index in [1.54, 1.807) is 0 Å². The molecular formula is C12H24O4. The third-order valence-corrected chi connectivity index (χ3v) is 3.33. The van der Waals surface area contributed by atoms with E-state index in [4.69, 9.17) is 0 Å². The molecule has 0 heterocycles. The lowest BCUT2D eigenvalue weighted by atomic mass is 9.95. The first-order chi connectivity index (χ1) is 7.58. The van der Waals surface area contributed by atoms with Gasteiger partial charge < -0.3 is 20.4 Å². The van der Waals surface area contributed by atoms with Crippen LogP contribution in [0.3, 0.4) is 0 Å². The fourth-order valence-electron chi connectivity index (χ4n) is 2.12. The highest BCUT2D eigenvalue weighted by atomic mass is 16.3. The summed E-state index contributed by atoms with van der Waals surface area (Å²) in [7, 11) is 0. The summed E-state index contributed by atoms with van der Waals surface area (Å²) >= 11 is 0. The molecule has 4 N–H and O–H groups in total. The Bertz CT molecular complexity index is 130. The molecule has 0 aliphatic heterocycles. The van der Waals surface area contributed by atoms with Crippen LogP contribution in [0.25, 0.3) is 0 Å². The van der Waals surface area contributed by atoms with Crippen LogP contribution in [-0.4, -0.2) is 44.8 Å². The summed E-state index contributed by atoms with van der Waals surface area (Å²) in [5.41, 5.74) is 0. The van der Waals surface area contributed by atoms with Crippen LogP contribution in [0.15, 0.2) is 0 Å². The topological polar surface area (TPSA) is 80.9 Å². The van der Waals surface area contributed by atoms with Gasteiger partial charge in [0.1, 0.15) is 0 Å². The smallest absolute Gasteiger partial charge is 0.0542 e. The quantitative estimate of drug-likeness (QED) is 0.492. The van der Waals surface area contributed by atoms with E-state index in [1.807, 2.05) is 0 Å². The van der Waals surface area contributed by atoms with Crippen molar-refractivity contribution in [1.82, 2.24) is 0 Å². The Morgan fingerprint density at radius 2 is 0.500 bits per heavy atom. The van der Waals surface area contributed by atoms with Gasteiger partial charge >= 0.3 is 0 Å². The lowest BCUT2D eigenvalue weighted by molar-refractivity contribution is 0.0541. The molecule has 1 saturated carbocycles. The fraction of sp³-hybridized carbons (Fsp3) is 1.00. The van der Waals surface area contributed by atoms with Crippen LogP contribution in [0, 0.1) is 0 Å². The first-order valence-corrected chi connectivity index (χ1v) is 6.30. The van der Waals surface area contributed by atoms with Crippen LogP contribution in [-0.2, 0) is 0 Å². The molecule has 1 fully saturated rings. The number of aliphatic hydroxyl groups is 4. The van der Waals surface area contributed by atoms with Gasteiger partial charge in [0.25, 0.3) is 0 Å². The first-order valence-electron chi connectivity index (χ1n) is 6.30. The van der Waals surface area contributed by atoms with Gasteiger partial charge in [-0.05, 0) is 51.4 Å². The van der Waals surface area contributed by atoms with Crippen molar-refractivity contribution in [2.24, 2.45) is 0 Å². The van der Waals surface area contributed by atoms with Crippen LogP contribution in [0.1, 0.15) is 51.4 Å². The maximum atomic E-state index is 9.61. The van der Waals surface area contributed by atoms with Gasteiger partial charge in [0.2, 0.25) is 0 Å². The minimum Gasteiger partial charge on any atom is -0.393 e. The highest BCUT2D eigenvalue weighted by Crippen LogP contribution is 2.18. The summed E-state index contributed by atoms with van der Waals surface area (Å²) in [5, 5.41) is 38.4. The SMILES string of the molecule is OC1CCC(O)CCC(O)CCC(O)CC1. The average Bonchev–Trinajstić information content (AvgIpc) is 2.27. The number of aliphatic hydroxyl groups excluding tert-OH is 4. The van der Waals surface area contributed by atoms with E-state index in [9.17, 15) is 20.4 Å². The molecule has 1 aliphatic carbocycles. The van der Waals surface area contributed by atoms with Gasteiger partial charge in [0.05, 0.1) is 24.4 Å². The molecule has 96 valence electrons. The van der Waals surface area contributed by atoms with E-state index in [2.05, 4.69) is 0 Å². The first kappa shape index (κ1) is 13.9. The summed E-state index contributed by atoms with van der Waals surface area (Å²) in [4.78, 5) is 0. The van der Waals surface area contributed by atoms with Crippen molar-refractivity contribution in [3.05, 3.63) is 0 Å². The normalized spacial score (nSPS) is 39.8. The van der Waals surface area contributed by atoms with E-state index < -0.39 is 24.4 Å². The third kappa shape index (κ3) is 5.80. The maximum Gasteiger partial charge on any atom is 0.0542 e. The van der Waals surface area contributed by atoms with E-state index in [-0.39, 0.29) is 0 Å². The Hall–Kier alpha value is -0.160. The Labute approximate surface area is 96.9 Å². The Balaban J connectivity index is 2.39. The van der Waals surface area contributed by atoms with Crippen molar-refractivity contribution in [3.8, 4) is 0 Å². The average molecular weight is 232 g/mol. The Morgan fingerprint density at radius 1 is 0.375 bits per heavy atom. The molecule has 1 aliphatic rings. The largest absolute Gasteiger partial charge is 0.393 e. The van der Waals surface area contributed by atoms with Gasteiger partial charge in [-0.15, -0.1) is 0 Å². The lowest BCUT2D eigenvalue weighted by Crippen LogP contribution is -2.21. The monoisotopic (exact) mass is 232 g/mol. The number of rotatable bonds is 0. The second kappa shape index (κ2) is 7.22. The minimum absolute atomic E-state index is 0.423. The standard InChI is InChI=1S/C12H24O4/c13-9-1-2-10(14)5-6-12(16)8-7-11(15)4-3-9/h9-16H,1-8H2. The molecule has 0 aromatic carbocycles. The fourth-order valence-corrected chi connectivity index (χ4v) is 2.12. The number of hydrogen-bond donors (Lipinski definition) is 4. The summed E-state index contributed by atoms with van der Waals surface area (Å²) in [6.45, 7) is 0. The Kier molecular flexibility index (Phi) is 6.28. The molecule has 0 spiro atoms. The third-order valence-electron chi connectivity index (χ3n) is 3.33. The van der Waals surface area contributed by atoms with Crippen molar-refractivity contribution in [2.75, 3.05) is 0 Å². The maximum absolute atomic E-state index is 9.61. The highest BCUT2D eigenvalue weighted by molar-refractivity contribution is 4.69. The number of hydrogen-bond acceptors (Lipinski definition) is 4. The summed E-state index contributed by atoms with van der Waals surface area (Å²) < 4.78 is 0. The van der Waals surface area contributed by atoms with Gasteiger partial charge in [-0.3, -0.25) is 0 Å². The summed E-state index contributed by atoms with van der Waals surface area (Å²) in [6, 6.07) is 0. The predicted octanol–water partition coefficient (Wildman–Crippen LogP) is 0.564.